The van der Waals surface area contributed by atoms with Crippen molar-refractivity contribution in [2.45, 2.75) is 25.9 Å². The van der Waals surface area contributed by atoms with Crippen LogP contribution in [0.5, 0.6) is 0 Å². The first-order valence-corrected chi connectivity index (χ1v) is 10.4. The maximum Gasteiger partial charge on any atom is 0.254 e. The lowest BCUT2D eigenvalue weighted by Gasteiger charge is -2.41. The van der Waals surface area contributed by atoms with Gasteiger partial charge < -0.3 is 20.3 Å². The average Bonchev–Trinajstić information content (AvgIpc) is 2.77. The Morgan fingerprint density at radius 2 is 1.84 bits per heavy atom. The van der Waals surface area contributed by atoms with Crippen LogP contribution in [0.2, 0.25) is 0 Å². The third-order valence-electron chi connectivity index (χ3n) is 5.47. The van der Waals surface area contributed by atoms with Crippen LogP contribution in [0.3, 0.4) is 0 Å². The van der Waals surface area contributed by atoms with Crippen molar-refractivity contribution >= 4 is 17.7 Å². The van der Waals surface area contributed by atoms with Crippen molar-refractivity contribution in [3.8, 4) is 11.1 Å². The first kappa shape index (κ1) is 22.5. The minimum absolute atomic E-state index is 0.0952. The van der Waals surface area contributed by atoms with E-state index in [4.69, 9.17) is 4.74 Å². The van der Waals surface area contributed by atoms with Crippen molar-refractivity contribution < 1.29 is 19.1 Å². The van der Waals surface area contributed by atoms with E-state index in [1.54, 1.807) is 11.9 Å². The predicted octanol–water partition coefficient (Wildman–Crippen LogP) is 1.68. The van der Waals surface area contributed by atoms with Crippen LogP contribution < -0.4 is 10.6 Å². The Balaban J connectivity index is 1.83. The summed E-state index contributed by atoms with van der Waals surface area (Å²) < 4.78 is 6.00. The third kappa shape index (κ3) is 5.49. The van der Waals surface area contributed by atoms with Crippen molar-refractivity contribution in [3.05, 3.63) is 59.7 Å². The summed E-state index contributed by atoms with van der Waals surface area (Å²) in [5.41, 5.74) is 3.10. The predicted molar refractivity (Wildman–Crippen MR) is 118 cm³/mol. The van der Waals surface area contributed by atoms with Crippen molar-refractivity contribution in [3.63, 3.8) is 0 Å². The number of hydrogen-bond acceptors (Lipinski definition) is 4. The van der Waals surface area contributed by atoms with Crippen molar-refractivity contribution in [1.29, 1.82) is 0 Å². The van der Waals surface area contributed by atoms with Crippen LogP contribution in [0.25, 0.3) is 11.1 Å². The van der Waals surface area contributed by atoms with Gasteiger partial charge in [-0.2, -0.15) is 0 Å². The van der Waals surface area contributed by atoms with Crippen LogP contribution in [0.1, 0.15) is 18.1 Å². The van der Waals surface area contributed by atoms with Crippen LogP contribution in [0.15, 0.2) is 48.5 Å². The van der Waals surface area contributed by atoms with Gasteiger partial charge in [-0.15, -0.1) is 0 Å². The van der Waals surface area contributed by atoms with Gasteiger partial charge in [-0.05, 0) is 23.6 Å². The van der Waals surface area contributed by atoms with Crippen LogP contribution in [-0.2, 0) is 25.5 Å². The van der Waals surface area contributed by atoms with Gasteiger partial charge in [0.1, 0.15) is 0 Å². The number of morpholine rings is 1. The number of aryl methyl sites for hydroxylation is 1. The molecule has 1 unspecified atom stereocenters. The molecule has 7 nitrogen and oxygen atoms in total. The molecule has 1 atom stereocenters. The molecule has 0 spiro atoms. The molecule has 0 saturated carbocycles. The highest BCUT2D eigenvalue weighted by molar-refractivity contribution is 5.88. The van der Waals surface area contributed by atoms with Crippen LogP contribution >= 0.6 is 0 Å². The molecule has 3 amide bonds. The van der Waals surface area contributed by atoms with E-state index < -0.39 is 5.60 Å². The molecule has 7 heteroatoms. The summed E-state index contributed by atoms with van der Waals surface area (Å²) in [6, 6.07) is 16.3. The maximum absolute atomic E-state index is 12.9. The van der Waals surface area contributed by atoms with E-state index in [0.717, 1.165) is 16.7 Å². The van der Waals surface area contributed by atoms with Crippen LogP contribution in [-0.4, -0.2) is 61.5 Å². The molecule has 3 rings (SSSR count). The van der Waals surface area contributed by atoms with Crippen molar-refractivity contribution in [2.24, 2.45) is 0 Å². The zero-order valence-electron chi connectivity index (χ0n) is 18.2. The SMILES string of the molecule is CNC(=O)C1(Cc2cccc(-c3ccc(C)cc3)c2)CN(C(=O)CNC(C)=O)CCO1. The van der Waals surface area contributed by atoms with E-state index in [0.29, 0.717) is 13.0 Å². The number of hydrogen-bond donors (Lipinski definition) is 2. The van der Waals surface area contributed by atoms with Gasteiger partial charge in [0.05, 0.1) is 19.7 Å². The lowest BCUT2D eigenvalue weighted by molar-refractivity contribution is -0.165. The van der Waals surface area contributed by atoms with Gasteiger partial charge in [-0.25, -0.2) is 0 Å². The Morgan fingerprint density at radius 1 is 1.10 bits per heavy atom. The zero-order valence-corrected chi connectivity index (χ0v) is 18.2. The first-order chi connectivity index (χ1) is 14.8. The summed E-state index contributed by atoms with van der Waals surface area (Å²) >= 11 is 0. The van der Waals surface area contributed by atoms with E-state index in [9.17, 15) is 14.4 Å². The lowest BCUT2D eigenvalue weighted by atomic mass is 9.89. The largest absolute Gasteiger partial charge is 0.361 e. The van der Waals surface area contributed by atoms with Gasteiger partial charge in [0.25, 0.3) is 5.91 Å². The number of amides is 3. The van der Waals surface area contributed by atoms with E-state index in [-0.39, 0.29) is 37.4 Å². The molecule has 2 N–H and O–H groups in total. The fraction of sp³-hybridized carbons (Fsp3) is 0.375. The van der Waals surface area contributed by atoms with E-state index in [1.807, 2.05) is 25.1 Å². The average molecular weight is 424 g/mol. The van der Waals surface area contributed by atoms with E-state index >= 15 is 0 Å². The summed E-state index contributed by atoms with van der Waals surface area (Å²) in [4.78, 5) is 38.2. The minimum atomic E-state index is -1.19. The Morgan fingerprint density at radius 3 is 2.52 bits per heavy atom. The molecular formula is C24H29N3O4. The Bertz CT molecular complexity index is 958. The number of nitrogens with one attached hydrogen (secondary N) is 2. The molecule has 1 aliphatic heterocycles. The third-order valence-corrected chi connectivity index (χ3v) is 5.47. The number of carbonyl (C=O) groups excluding carboxylic acids is 3. The minimum Gasteiger partial charge on any atom is -0.361 e. The molecule has 0 bridgehead atoms. The van der Waals surface area contributed by atoms with Gasteiger partial charge in [0, 0.05) is 26.9 Å². The number of benzene rings is 2. The summed E-state index contributed by atoms with van der Waals surface area (Å²) in [7, 11) is 1.56. The summed E-state index contributed by atoms with van der Waals surface area (Å²) in [6.07, 6.45) is 0.330. The maximum atomic E-state index is 12.9. The van der Waals surface area contributed by atoms with Crippen molar-refractivity contribution in [2.75, 3.05) is 33.3 Å². The summed E-state index contributed by atoms with van der Waals surface area (Å²) in [5.74, 6) is -0.780. The fourth-order valence-corrected chi connectivity index (χ4v) is 3.80. The van der Waals surface area contributed by atoms with Gasteiger partial charge in [-0.1, -0.05) is 54.1 Å². The van der Waals surface area contributed by atoms with E-state index in [2.05, 4.69) is 41.0 Å². The zero-order chi connectivity index (χ0) is 22.4. The van der Waals surface area contributed by atoms with Crippen LogP contribution in [0, 0.1) is 6.92 Å². The Hall–Kier alpha value is -3.19. The van der Waals surface area contributed by atoms with Crippen LogP contribution in [0.4, 0.5) is 0 Å². The number of ether oxygens (including phenoxy) is 1. The fourth-order valence-electron chi connectivity index (χ4n) is 3.80. The molecule has 1 heterocycles. The molecule has 2 aromatic carbocycles. The molecule has 2 aromatic rings. The van der Waals surface area contributed by atoms with Gasteiger partial charge in [0.15, 0.2) is 5.60 Å². The molecule has 0 aromatic heterocycles. The monoisotopic (exact) mass is 423 g/mol. The van der Waals surface area contributed by atoms with E-state index in [1.165, 1.54) is 12.5 Å². The molecule has 31 heavy (non-hydrogen) atoms. The summed E-state index contributed by atoms with van der Waals surface area (Å²) in [6.45, 7) is 4.06. The number of carbonyl (C=O) groups is 3. The quantitative estimate of drug-likeness (QED) is 0.740. The molecule has 164 valence electrons. The highest BCUT2D eigenvalue weighted by Crippen LogP contribution is 2.27. The molecule has 0 radical (unpaired) electrons. The normalized spacial score (nSPS) is 18.4. The second kappa shape index (κ2) is 9.75. The lowest BCUT2D eigenvalue weighted by Crippen LogP contribution is -2.62. The Labute approximate surface area is 182 Å². The first-order valence-electron chi connectivity index (χ1n) is 10.4. The topological polar surface area (TPSA) is 87.7 Å². The smallest absolute Gasteiger partial charge is 0.254 e. The Kier molecular flexibility index (Phi) is 7.07. The summed E-state index contributed by atoms with van der Waals surface area (Å²) in [5, 5.41) is 5.21. The molecular weight excluding hydrogens is 394 g/mol. The number of rotatable bonds is 6. The molecule has 1 saturated heterocycles. The highest BCUT2D eigenvalue weighted by atomic mass is 16.5. The highest BCUT2D eigenvalue weighted by Gasteiger charge is 2.44. The molecule has 1 fully saturated rings. The van der Waals surface area contributed by atoms with Gasteiger partial charge in [0.2, 0.25) is 11.8 Å². The second-order valence-corrected chi connectivity index (χ2v) is 7.89. The second-order valence-electron chi connectivity index (χ2n) is 7.89. The molecule has 0 aliphatic carbocycles. The number of likely N-dealkylation sites (N-methyl/N-ethyl adjacent to an activating group) is 1. The molecule has 1 aliphatic rings. The number of nitrogens with zero attached hydrogens (tertiary/aromatic N) is 1. The van der Waals surface area contributed by atoms with Crippen molar-refractivity contribution in [1.82, 2.24) is 15.5 Å². The van der Waals surface area contributed by atoms with Gasteiger partial charge >= 0.3 is 0 Å². The standard InChI is InChI=1S/C24H29N3O4/c1-17-7-9-20(10-8-17)21-6-4-5-19(13-21)14-24(23(30)25-3)16-27(11-12-31-24)22(29)15-26-18(2)28/h4-10,13H,11-12,14-16H2,1-3H3,(H,25,30)(H,26,28). The van der Waals surface area contributed by atoms with Gasteiger partial charge in [-0.3, -0.25) is 14.4 Å².